The zero-order valence-corrected chi connectivity index (χ0v) is 17.7. The van der Waals surface area contributed by atoms with Crippen LogP contribution in [-0.4, -0.2) is 27.8 Å². The van der Waals surface area contributed by atoms with E-state index in [9.17, 15) is 4.79 Å². The van der Waals surface area contributed by atoms with Crippen molar-refractivity contribution in [3.8, 4) is 0 Å². The average Bonchev–Trinajstić information content (AvgIpc) is 2.69. The van der Waals surface area contributed by atoms with Gasteiger partial charge in [-0.05, 0) is 42.5 Å². The number of hydrogen-bond donors (Lipinski definition) is 1. The molecular formula is C24H28N4O. The summed E-state index contributed by atoms with van der Waals surface area (Å²) in [6, 6.07) is 17.9. The molecule has 0 bridgehead atoms. The molecule has 0 saturated heterocycles. The summed E-state index contributed by atoms with van der Waals surface area (Å²) in [5.74, 6) is 0.675. The lowest BCUT2D eigenvalue weighted by Crippen LogP contribution is -2.27. The van der Waals surface area contributed by atoms with Crippen molar-refractivity contribution in [3.63, 3.8) is 0 Å². The van der Waals surface area contributed by atoms with Crippen LogP contribution in [0.3, 0.4) is 0 Å². The molecule has 0 saturated carbocycles. The van der Waals surface area contributed by atoms with Gasteiger partial charge in [-0.1, -0.05) is 62.4 Å². The number of nitrogens with one attached hydrogen (secondary N) is 1. The Balaban J connectivity index is 1.86. The summed E-state index contributed by atoms with van der Waals surface area (Å²) < 4.78 is 0. The fourth-order valence-corrected chi connectivity index (χ4v) is 3.31. The number of aryl methyl sites for hydroxylation is 2. The third-order valence-corrected chi connectivity index (χ3v) is 4.85. The summed E-state index contributed by atoms with van der Waals surface area (Å²) in [5.41, 5.74) is 5.54. The molecule has 0 spiro atoms. The van der Waals surface area contributed by atoms with Crippen molar-refractivity contribution in [1.82, 2.24) is 14.9 Å². The van der Waals surface area contributed by atoms with Crippen LogP contribution in [0.5, 0.6) is 0 Å². The highest BCUT2D eigenvalue weighted by Gasteiger charge is 2.17. The zero-order chi connectivity index (χ0) is 21.0. The summed E-state index contributed by atoms with van der Waals surface area (Å²) in [6.45, 7) is 8.78. The molecule has 0 aliphatic heterocycles. The smallest absolute Gasteiger partial charge is 0.272 e. The van der Waals surface area contributed by atoms with Crippen molar-refractivity contribution >= 4 is 17.5 Å². The lowest BCUT2D eigenvalue weighted by molar-refractivity contribution is 0.0779. The first-order valence-electron chi connectivity index (χ1n) is 9.86. The van der Waals surface area contributed by atoms with Gasteiger partial charge < -0.3 is 10.2 Å². The van der Waals surface area contributed by atoms with E-state index in [-0.39, 0.29) is 5.91 Å². The molecule has 0 aliphatic carbocycles. The van der Waals surface area contributed by atoms with E-state index in [0.29, 0.717) is 24.1 Å². The van der Waals surface area contributed by atoms with Crippen molar-refractivity contribution < 1.29 is 4.79 Å². The van der Waals surface area contributed by atoms with Crippen LogP contribution in [0.1, 0.15) is 52.6 Å². The molecule has 1 aromatic heterocycles. The van der Waals surface area contributed by atoms with Crippen molar-refractivity contribution in [1.29, 1.82) is 0 Å². The van der Waals surface area contributed by atoms with Crippen LogP contribution in [-0.2, 0) is 6.54 Å². The molecule has 0 fully saturated rings. The lowest BCUT2D eigenvalue weighted by atomic mass is 9.98. The first-order valence-corrected chi connectivity index (χ1v) is 9.86. The number of anilines is 2. The summed E-state index contributed by atoms with van der Waals surface area (Å²) >= 11 is 0. The van der Waals surface area contributed by atoms with Crippen molar-refractivity contribution in [2.24, 2.45) is 0 Å². The maximum Gasteiger partial charge on any atom is 0.272 e. The first kappa shape index (κ1) is 20.5. The molecular weight excluding hydrogens is 360 g/mol. The Morgan fingerprint density at radius 3 is 2.45 bits per heavy atom. The molecule has 3 aromatic rings. The minimum absolute atomic E-state index is 0.128. The van der Waals surface area contributed by atoms with E-state index in [4.69, 9.17) is 0 Å². The second-order valence-electron chi connectivity index (χ2n) is 7.68. The Kier molecular flexibility index (Phi) is 6.27. The van der Waals surface area contributed by atoms with Crippen LogP contribution in [0.2, 0.25) is 0 Å². The highest BCUT2D eigenvalue weighted by atomic mass is 16.2. The quantitative estimate of drug-likeness (QED) is 0.628. The van der Waals surface area contributed by atoms with Gasteiger partial charge in [0.25, 0.3) is 5.91 Å². The van der Waals surface area contributed by atoms with Gasteiger partial charge in [0, 0.05) is 25.0 Å². The van der Waals surface area contributed by atoms with Crippen LogP contribution in [0.15, 0.2) is 54.6 Å². The SMILES string of the molecule is Cc1cc(C(=O)N(C)Cc2ccccc2)nc(Nc2c(C)cccc2C(C)C)n1. The summed E-state index contributed by atoms with van der Waals surface area (Å²) in [6.07, 6.45) is 0. The van der Waals surface area contributed by atoms with Gasteiger partial charge in [-0.2, -0.15) is 0 Å². The lowest BCUT2D eigenvalue weighted by Gasteiger charge is -2.19. The third kappa shape index (κ3) is 4.99. The Bertz CT molecular complexity index is 999. The van der Waals surface area contributed by atoms with Gasteiger partial charge in [-0.25, -0.2) is 9.97 Å². The van der Waals surface area contributed by atoms with E-state index in [2.05, 4.69) is 54.3 Å². The van der Waals surface area contributed by atoms with E-state index in [0.717, 1.165) is 22.5 Å². The van der Waals surface area contributed by atoms with Gasteiger partial charge in [0.05, 0.1) is 0 Å². The molecule has 1 heterocycles. The molecule has 0 atom stereocenters. The molecule has 0 unspecified atom stereocenters. The Labute approximate surface area is 172 Å². The predicted octanol–water partition coefficient (Wildman–Crippen LogP) is 5.23. The van der Waals surface area contributed by atoms with Gasteiger partial charge in [0.2, 0.25) is 5.95 Å². The largest absolute Gasteiger partial charge is 0.336 e. The molecule has 0 aliphatic rings. The molecule has 3 rings (SSSR count). The number of amides is 1. The zero-order valence-electron chi connectivity index (χ0n) is 17.7. The Hall–Kier alpha value is -3.21. The van der Waals surface area contributed by atoms with Gasteiger partial charge in [-0.15, -0.1) is 0 Å². The number of rotatable bonds is 6. The highest BCUT2D eigenvalue weighted by Crippen LogP contribution is 2.29. The second-order valence-corrected chi connectivity index (χ2v) is 7.68. The minimum atomic E-state index is -0.128. The Morgan fingerprint density at radius 1 is 1.03 bits per heavy atom. The maximum absolute atomic E-state index is 13.0. The molecule has 150 valence electrons. The average molecular weight is 389 g/mol. The molecule has 5 heteroatoms. The number of carbonyl (C=O) groups excluding carboxylic acids is 1. The van der Waals surface area contributed by atoms with E-state index < -0.39 is 0 Å². The van der Waals surface area contributed by atoms with E-state index in [1.807, 2.05) is 37.3 Å². The number of benzene rings is 2. The number of hydrogen-bond acceptors (Lipinski definition) is 4. The van der Waals surface area contributed by atoms with Crippen molar-refractivity contribution in [2.45, 2.75) is 40.2 Å². The monoisotopic (exact) mass is 388 g/mol. The molecule has 5 nitrogen and oxygen atoms in total. The molecule has 0 radical (unpaired) electrons. The predicted molar refractivity (Wildman–Crippen MR) is 118 cm³/mol. The van der Waals surface area contributed by atoms with Gasteiger partial charge in [-0.3, -0.25) is 4.79 Å². The van der Waals surface area contributed by atoms with Gasteiger partial charge in [0.1, 0.15) is 5.69 Å². The van der Waals surface area contributed by atoms with E-state index >= 15 is 0 Å². The molecule has 1 amide bonds. The van der Waals surface area contributed by atoms with E-state index in [1.165, 1.54) is 5.56 Å². The molecule has 2 aromatic carbocycles. The fraction of sp³-hybridized carbons (Fsp3) is 0.292. The van der Waals surface area contributed by atoms with Crippen molar-refractivity contribution in [3.05, 3.63) is 82.7 Å². The van der Waals surface area contributed by atoms with E-state index in [1.54, 1.807) is 18.0 Å². The van der Waals surface area contributed by atoms with Crippen LogP contribution >= 0.6 is 0 Å². The minimum Gasteiger partial charge on any atom is -0.336 e. The number of carbonyl (C=O) groups is 1. The normalized spacial score (nSPS) is 10.8. The number of nitrogens with zero attached hydrogens (tertiary/aromatic N) is 3. The maximum atomic E-state index is 13.0. The standard InChI is InChI=1S/C24H28N4O/c1-16(2)20-13-9-10-17(3)22(20)27-24-25-18(4)14-21(26-24)23(29)28(5)15-19-11-7-6-8-12-19/h6-14,16H,15H2,1-5H3,(H,25,26,27). The van der Waals surface area contributed by atoms with Crippen molar-refractivity contribution in [2.75, 3.05) is 12.4 Å². The fourth-order valence-electron chi connectivity index (χ4n) is 3.31. The molecule has 29 heavy (non-hydrogen) atoms. The second kappa shape index (κ2) is 8.86. The van der Waals surface area contributed by atoms with Gasteiger partial charge >= 0.3 is 0 Å². The van der Waals surface area contributed by atoms with Crippen LogP contribution in [0, 0.1) is 13.8 Å². The highest BCUT2D eigenvalue weighted by molar-refractivity contribution is 5.92. The summed E-state index contributed by atoms with van der Waals surface area (Å²) in [4.78, 5) is 23.7. The summed E-state index contributed by atoms with van der Waals surface area (Å²) in [7, 11) is 1.79. The topological polar surface area (TPSA) is 58.1 Å². The third-order valence-electron chi connectivity index (χ3n) is 4.85. The van der Waals surface area contributed by atoms with Crippen LogP contribution < -0.4 is 5.32 Å². The van der Waals surface area contributed by atoms with Crippen LogP contribution in [0.25, 0.3) is 0 Å². The number of aromatic nitrogens is 2. The number of para-hydroxylation sites is 1. The summed E-state index contributed by atoms with van der Waals surface area (Å²) in [5, 5.41) is 3.35. The first-order chi connectivity index (χ1) is 13.8. The Morgan fingerprint density at radius 2 is 1.76 bits per heavy atom. The van der Waals surface area contributed by atoms with Crippen LogP contribution in [0.4, 0.5) is 11.6 Å². The van der Waals surface area contributed by atoms with Gasteiger partial charge in [0.15, 0.2) is 0 Å². The molecule has 1 N–H and O–H groups in total.